The van der Waals surface area contributed by atoms with E-state index in [9.17, 15) is 19.7 Å². The molecule has 2 bridgehead atoms. The van der Waals surface area contributed by atoms with E-state index in [2.05, 4.69) is 27.4 Å². The molecular formula is C31H44BNO6. The van der Waals surface area contributed by atoms with Crippen LogP contribution in [0, 0.1) is 34.0 Å². The van der Waals surface area contributed by atoms with E-state index in [-0.39, 0.29) is 41.3 Å². The summed E-state index contributed by atoms with van der Waals surface area (Å²) in [5, 5.41) is 21.9. The predicted octanol–water partition coefficient (Wildman–Crippen LogP) is 3.20. The Balaban J connectivity index is 1.44. The lowest BCUT2D eigenvalue weighted by molar-refractivity contribution is -0.206. The molecular weight excluding hydrogens is 493 g/mol. The first-order chi connectivity index (χ1) is 18.4. The first-order valence-electron chi connectivity index (χ1n) is 14.6. The van der Waals surface area contributed by atoms with Crippen LogP contribution in [0.25, 0.3) is 0 Å². The molecule has 4 aliphatic rings. The molecule has 1 aliphatic heterocycles. The zero-order valence-electron chi connectivity index (χ0n) is 23.9. The van der Waals surface area contributed by atoms with Gasteiger partial charge in [0.25, 0.3) is 0 Å². The number of fused-ring (bicyclic) bond motifs is 1. The fourth-order valence-electron chi connectivity index (χ4n) is 8.77. The molecule has 0 unspecified atom stereocenters. The van der Waals surface area contributed by atoms with Gasteiger partial charge in [-0.2, -0.15) is 0 Å². The number of hydrogen-bond acceptors (Lipinski definition) is 7. The highest BCUT2D eigenvalue weighted by atomic mass is 16.5. The number of benzene rings is 1. The Kier molecular flexibility index (Phi) is 7.41. The van der Waals surface area contributed by atoms with Crippen LogP contribution in [-0.2, 0) is 38.6 Å². The minimum atomic E-state index is -0.977. The van der Waals surface area contributed by atoms with Gasteiger partial charge in [0.2, 0.25) is 0 Å². The summed E-state index contributed by atoms with van der Waals surface area (Å²) >= 11 is 0. The molecule has 0 spiro atoms. The Morgan fingerprint density at radius 1 is 1.31 bits per heavy atom. The van der Waals surface area contributed by atoms with E-state index < -0.39 is 30.2 Å². The van der Waals surface area contributed by atoms with E-state index in [1.807, 2.05) is 25.1 Å². The smallest absolute Gasteiger partial charge is 0.462 e. The van der Waals surface area contributed by atoms with Gasteiger partial charge in [0.05, 0.1) is 12.7 Å². The largest absolute Gasteiger partial charge is 0.491 e. The summed E-state index contributed by atoms with van der Waals surface area (Å²) in [6.45, 7) is 13.2. The van der Waals surface area contributed by atoms with Crippen molar-refractivity contribution < 1.29 is 29.1 Å². The van der Waals surface area contributed by atoms with Crippen LogP contribution in [0.15, 0.2) is 24.8 Å². The van der Waals surface area contributed by atoms with E-state index in [0.717, 1.165) is 36.0 Å². The van der Waals surface area contributed by atoms with Gasteiger partial charge in [-0.1, -0.05) is 45.9 Å². The summed E-state index contributed by atoms with van der Waals surface area (Å²) < 4.78 is 11.7. The zero-order valence-corrected chi connectivity index (χ0v) is 23.9. The van der Waals surface area contributed by atoms with Crippen LogP contribution in [0.1, 0.15) is 82.9 Å². The molecule has 4 N–H and O–H groups in total. The first kappa shape index (κ1) is 28.5. The average molecular weight is 538 g/mol. The molecule has 1 aromatic carbocycles. The number of hydrogen-bond donors (Lipinski definition) is 3. The van der Waals surface area contributed by atoms with Crippen LogP contribution in [0.2, 0.25) is 0 Å². The third-order valence-electron chi connectivity index (χ3n) is 11.5. The van der Waals surface area contributed by atoms with Gasteiger partial charge in [-0.15, -0.1) is 6.58 Å². The SMILES string of the molecule is C=C[C@]1(C)C[C@@H](OC(=O)CCc2cc(CN)c3c(c2)B(O)OC3)[C@]2(C)[C@H](C)CC[C@]3(CCC(=O)[C@H]32)[C@@H](C)[C@@H]1O. The second-order valence-electron chi connectivity index (χ2n) is 13.3. The first-order valence-corrected chi connectivity index (χ1v) is 14.6. The summed E-state index contributed by atoms with van der Waals surface area (Å²) in [5.74, 6) is -0.180. The quantitative estimate of drug-likeness (QED) is 0.290. The zero-order chi connectivity index (χ0) is 28.3. The number of carbonyl (C=O) groups is 2. The lowest BCUT2D eigenvalue weighted by atomic mass is 9.44. The minimum absolute atomic E-state index is 0.0590. The number of Topliss-reactive ketones (excluding diaryl/α,β-unsaturated/α-hetero) is 1. The number of aliphatic hydroxyl groups is 1. The summed E-state index contributed by atoms with van der Waals surface area (Å²) in [6, 6.07) is 3.86. The maximum Gasteiger partial charge on any atom is 0.491 e. The molecule has 0 radical (unpaired) electrons. The van der Waals surface area contributed by atoms with E-state index >= 15 is 0 Å². The van der Waals surface area contributed by atoms with Gasteiger partial charge in [-0.05, 0) is 71.5 Å². The molecule has 3 aliphatic carbocycles. The fraction of sp³-hybridized carbons (Fsp3) is 0.677. The van der Waals surface area contributed by atoms with Gasteiger partial charge in [0.1, 0.15) is 11.9 Å². The Morgan fingerprint density at radius 2 is 2.05 bits per heavy atom. The van der Waals surface area contributed by atoms with Gasteiger partial charge in [-0.3, -0.25) is 9.59 Å². The molecule has 8 heteroatoms. The van der Waals surface area contributed by atoms with Gasteiger partial charge in [0, 0.05) is 36.1 Å². The predicted molar refractivity (Wildman–Crippen MR) is 150 cm³/mol. The monoisotopic (exact) mass is 537 g/mol. The lowest BCUT2D eigenvalue weighted by Gasteiger charge is -2.61. The third kappa shape index (κ3) is 4.33. The molecule has 212 valence electrons. The highest BCUT2D eigenvalue weighted by molar-refractivity contribution is 6.61. The highest BCUT2D eigenvalue weighted by Gasteiger charge is 2.68. The molecule has 3 fully saturated rings. The number of nitrogens with two attached hydrogens (primary N) is 1. The summed E-state index contributed by atoms with van der Waals surface area (Å²) in [5.41, 5.74) is 7.92. The molecule has 39 heavy (non-hydrogen) atoms. The maximum absolute atomic E-state index is 13.6. The van der Waals surface area contributed by atoms with Crippen molar-refractivity contribution in [2.45, 2.75) is 98.0 Å². The molecule has 0 saturated heterocycles. The van der Waals surface area contributed by atoms with Gasteiger partial charge < -0.3 is 25.3 Å². The van der Waals surface area contributed by atoms with Crippen molar-refractivity contribution in [3.05, 3.63) is 41.5 Å². The molecule has 0 amide bonds. The second kappa shape index (κ2) is 10.1. The number of esters is 1. The van der Waals surface area contributed by atoms with E-state index in [0.29, 0.717) is 37.9 Å². The molecule has 1 aromatic rings. The van der Waals surface area contributed by atoms with Crippen molar-refractivity contribution in [2.75, 3.05) is 0 Å². The number of carbonyl (C=O) groups excluding carboxylic acids is 2. The summed E-state index contributed by atoms with van der Waals surface area (Å²) in [6.07, 6.45) is 4.79. The average Bonchev–Trinajstić information content (AvgIpc) is 3.48. The number of aliphatic hydroxyl groups excluding tert-OH is 1. The third-order valence-corrected chi connectivity index (χ3v) is 11.5. The highest BCUT2D eigenvalue weighted by Crippen LogP contribution is 2.68. The van der Waals surface area contributed by atoms with Crippen molar-refractivity contribution in [2.24, 2.45) is 39.7 Å². The van der Waals surface area contributed by atoms with Gasteiger partial charge in [0.15, 0.2) is 0 Å². The number of ether oxygens (including phenoxy) is 1. The van der Waals surface area contributed by atoms with Crippen molar-refractivity contribution in [3.63, 3.8) is 0 Å². The van der Waals surface area contributed by atoms with Crippen LogP contribution < -0.4 is 11.2 Å². The van der Waals surface area contributed by atoms with E-state index in [1.54, 1.807) is 0 Å². The van der Waals surface area contributed by atoms with Gasteiger partial charge in [-0.25, -0.2) is 0 Å². The molecule has 5 rings (SSSR count). The number of ketones is 1. The Hall–Kier alpha value is -2.00. The summed E-state index contributed by atoms with van der Waals surface area (Å²) in [7, 11) is -0.977. The Labute approximate surface area is 232 Å². The lowest BCUT2D eigenvalue weighted by Crippen LogP contribution is -2.63. The second-order valence-corrected chi connectivity index (χ2v) is 13.3. The normalized spacial score (nSPS) is 39.5. The number of aryl methyl sites for hydroxylation is 1. The summed E-state index contributed by atoms with van der Waals surface area (Å²) in [4.78, 5) is 27.0. The van der Waals surface area contributed by atoms with Crippen LogP contribution in [0.3, 0.4) is 0 Å². The Bertz CT molecular complexity index is 1170. The van der Waals surface area contributed by atoms with E-state index in [4.69, 9.17) is 15.1 Å². The van der Waals surface area contributed by atoms with Crippen molar-refractivity contribution in [1.29, 1.82) is 0 Å². The van der Waals surface area contributed by atoms with Crippen molar-refractivity contribution in [3.8, 4) is 0 Å². The van der Waals surface area contributed by atoms with E-state index in [1.165, 1.54) is 0 Å². The van der Waals surface area contributed by atoms with Gasteiger partial charge >= 0.3 is 13.1 Å². The fourth-order valence-corrected chi connectivity index (χ4v) is 8.77. The van der Waals surface area contributed by atoms with Crippen LogP contribution in [0.4, 0.5) is 0 Å². The maximum atomic E-state index is 13.6. The molecule has 1 heterocycles. The van der Waals surface area contributed by atoms with Crippen molar-refractivity contribution in [1.82, 2.24) is 0 Å². The number of rotatable bonds is 6. The molecule has 8 atom stereocenters. The minimum Gasteiger partial charge on any atom is -0.462 e. The standard InChI is InChI=1S/C31H44BNO6/c1-6-29(4)15-25(30(5)18(2)9-11-31(19(3)28(29)36)12-10-24(34)27(30)31)39-26(35)8-7-20-13-21(16-33)22-17-38-32(37)23(22)14-20/h6,13-14,18-19,25,27-28,36-37H,1,7-12,15-17,33H2,2-5H3/t18-,19+,25-,27+,28+,29-,30+,31+/m1/s1. The topological polar surface area (TPSA) is 119 Å². The molecule has 7 nitrogen and oxygen atoms in total. The molecule has 0 aromatic heterocycles. The van der Waals surface area contributed by atoms with Crippen molar-refractivity contribution >= 4 is 24.3 Å². The Morgan fingerprint density at radius 3 is 2.74 bits per heavy atom. The van der Waals surface area contributed by atoms with Crippen LogP contribution in [0.5, 0.6) is 0 Å². The van der Waals surface area contributed by atoms with Crippen LogP contribution >= 0.6 is 0 Å². The molecule has 3 saturated carbocycles. The van der Waals surface area contributed by atoms with Crippen LogP contribution in [-0.4, -0.2) is 41.2 Å².